The summed E-state index contributed by atoms with van der Waals surface area (Å²) in [5.74, 6) is 1.17. The molecule has 2 heterocycles. The minimum absolute atomic E-state index is 0.170. The molecule has 194 valence electrons. The number of piperidine rings is 1. The molecule has 1 aromatic heterocycles. The van der Waals surface area contributed by atoms with E-state index in [9.17, 15) is 13.9 Å². The molecular weight excluding hydrogens is 480 g/mol. The maximum absolute atomic E-state index is 13.4. The largest absolute Gasteiger partial charge is 0.497 e. The molecule has 0 unspecified atom stereocenters. The number of fused-ring (bicyclic) bond motifs is 1. The van der Waals surface area contributed by atoms with Crippen LogP contribution in [0.5, 0.6) is 5.75 Å². The van der Waals surface area contributed by atoms with Crippen molar-refractivity contribution >= 4 is 22.7 Å². The van der Waals surface area contributed by atoms with E-state index < -0.39 is 11.6 Å². The van der Waals surface area contributed by atoms with Gasteiger partial charge in [0.2, 0.25) is 0 Å². The molecule has 0 amide bonds. The summed E-state index contributed by atoms with van der Waals surface area (Å²) in [6.45, 7) is 2.82. The highest BCUT2D eigenvalue weighted by Crippen LogP contribution is 2.33. The van der Waals surface area contributed by atoms with Crippen molar-refractivity contribution in [2.24, 2.45) is 11.8 Å². The van der Waals surface area contributed by atoms with E-state index in [-0.39, 0.29) is 18.6 Å². The summed E-state index contributed by atoms with van der Waals surface area (Å²) >= 11 is 1.46. The number of rotatable bonds is 11. The van der Waals surface area contributed by atoms with Gasteiger partial charge in [0.15, 0.2) is 0 Å². The van der Waals surface area contributed by atoms with Crippen molar-refractivity contribution < 1.29 is 18.6 Å². The average Bonchev–Trinajstić information content (AvgIpc) is 2.88. The Morgan fingerprint density at radius 2 is 1.97 bits per heavy atom. The summed E-state index contributed by atoms with van der Waals surface area (Å²) in [6.07, 6.45) is 4.89. The lowest BCUT2D eigenvalue weighted by atomic mass is 9.81. The highest BCUT2D eigenvalue weighted by molar-refractivity contribution is 7.99. The van der Waals surface area contributed by atoms with Gasteiger partial charge in [-0.2, -0.15) is 0 Å². The highest BCUT2D eigenvalue weighted by Gasteiger charge is 2.29. The van der Waals surface area contributed by atoms with Crippen molar-refractivity contribution in [3.05, 3.63) is 65.9 Å². The van der Waals surface area contributed by atoms with Crippen LogP contribution in [0.15, 0.2) is 53.6 Å². The average molecular weight is 516 g/mol. The second-order valence-corrected chi connectivity index (χ2v) is 10.6. The molecular formula is C28H35F2N3O2S. The summed E-state index contributed by atoms with van der Waals surface area (Å²) in [7, 11) is 3.67. The number of aliphatic hydroxyl groups excluding tert-OH is 1. The predicted octanol–water partition coefficient (Wildman–Crippen LogP) is 5.29. The molecule has 0 aliphatic carbocycles. The van der Waals surface area contributed by atoms with Gasteiger partial charge >= 0.3 is 0 Å². The smallest absolute Gasteiger partial charge is 0.127 e. The topological polar surface area (TPSA) is 57.6 Å². The van der Waals surface area contributed by atoms with E-state index in [0.29, 0.717) is 10.8 Å². The van der Waals surface area contributed by atoms with Gasteiger partial charge in [0.1, 0.15) is 17.4 Å². The number of likely N-dealkylation sites (tertiary alicyclic amines) is 1. The van der Waals surface area contributed by atoms with Gasteiger partial charge < -0.3 is 20.1 Å². The number of aromatic nitrogens is 1. The van der Waals surface area contributed by atoms with Crippen molar-refractivity contribution in [3.63, 3.8) is 0 Å². The number of aliphatic hydroxyl groups is 1. The molecule has 0 bridgehead atoms. The van der Waals surface area contributed by atoms with Gasteiger partial charge in [-0.15, -0.1) is 11.8 Å². The first-order chi connectivity index (χ1) is 17.5. The lowest BCUT2D eigenvalue weighted by Crippen LogP contribution is -2.43. The molecule has 3 atom stereocenters. The maximum atomic E-state index is 13.4. The van der Waals surface area contributed by atoms with Crippen molar-refractivity contribution in [1.29, 1.82) is 0 Å². The number of nitrogens with one attached hydrogen (secondary N) is 1. The van der Waals surface area contributed by atoms with Crippen LogP contribution in [0.1, 0.15) is 30.9 Å². The molecule has 8 heteroatoms. The molecule has 4 rings (SSSR count). The summed E-state index contributed by atoms with van der Waals surface area (Å²) < 4.78 is 32.3. The van der Waals surface area contributed by atoms with Crippen LogP contribution in [0.25, 0.3) is 10.9 Å². The Morgan fingerprint density at radius 1 is 1.17 bits per heavy atom. The minimum atomic E-state index is -0.544. The van der Waals surface area contributed by atoms with E-state index in [0.717, 1.165) is 67.4 Å². The van der Waals surface area contributed by atoms with E-state index >= 15 is 0 Å². The van der Waals surface area contributed by atoms with Gasteiger partial charge in [-0.05, 0) is 86.7 Å². The zero-order valence-corrected chi connectivity index (χ0v) is 21.7. The number of ether oxygens (including phenoxy) is 1. The molecule has 0 spiro atoms. The van der Waals surface area contributed by atoms with Crippen molar-refractivity contribution in [2.45, 2.75) is 30.2 Å². The van der Waals surface area contributed by atoms with Gasteiger partial charge in [-0.1, -0.05) is 0 Å². The van der Waals surface area contributed by atoms with Crippen LogP contribution in [0.3, 0.4) is 0 Å². The number of benzene rings is 2. The summed E-state index contributed by atoms with van der Waals surface area (Å²) in [4.78, 5) is 7.48. The third kappa shape index (κ3) is 6.73. The van der Waals surface area contributed by atoms with Crippen LogP contribution in [-0.2, 0) is 0 Å². The standard InChI is InChI=1S/C28H35F2N3O2S/c1-31-27(25-7-9-32-28-6-4-23(35-2)16-26(25)28)5-3-19-8-10-33(17-20(19)18-34)11-12-36-24-14-21(29)13-22(30)15-24/h4,6-7,9,13-16,19-20,27,31,34H,3,5,8,10-12,17-18H2,1-2H3/t19-,20-,27-/m1/s1. The van der Waals surface area contributed by atoms with Crippen LogP contribution in [0.4, 0.5) is 8.78 Å². The SMILES string of the molecule is CN[C@H](CC[C@@H]1CCN(CCSc2cc(F)cc(F)c2)C[C@@H]1CO)c1ccnc2ccc(OC)cc12. The summed E-state index contributed by atoms with van der Waals surface area (Å²) in [5, 5.41) is 14.7. The number of pyridine rings is 1. The van der Waals surface area contributed by atoms with Crippen molar-refractivity contribution in [1.82, 2.24) is 15.2 Å². The molecule has 1 fully saturated rings. The predicted molar refractivity (Wildman–Crippen MR) is 142 cm³/mol. The zero-order chi connectivity index (χ0) is 25.5. The van der Waals surface area contributed by atoms with E-state index in [1.54, 1.807) is 7.11 Å². The van der Waals surface area contributed by atoms with Crippen LogP contribution in [-0.4, -0.2) is 61.1 Å². The van der Waals surface area contributed by atoms with Gasteiger partial charge in [-0.3, -0.25) is 4.98 Å². The molecule has 2 N–H and O–H groups in total. The van der Waals surface area contributed by atoms with E-state index in [4.69, 9.17) is 4.74 Å². The number of hydrogen-bond acceptors (Lipinski definition) is 6. The second-order valence-electron chi connectivity index (χ2n) is 9.45. The van der Waals surface area contributed by atoms with Crippen molar-refractivity contribution in [2.75, 3.05) is 46.2 Å². The third-order valence-electron chi connectivity index (χ3n) is 7.25. The Balaban J connectivity index is 1.32. The van der Waals surface area contributed by atoms with E-state index in [1.807, 2.05) is 31.4 Å². The quantitative estimate of drug-likeness (QED) is 0.339. The van der Waals surface area contributed by atoms with Crippen LogP contribution >= 0.6 is 11.8 Å². The Kier molecular flexibility index (Phi) is 9.53. The fourth-order valence-electron chi connectivity index (χ4n) is 5.26. The number of nitrogens with zero attached hydrogens (tertiary/aromatic N) is 2. The number of thioether (sulfide) groups is 1. The molecule has 3 aromatic rings. The third-order valence-corrected chi connectivity index (χ3v) is 8.21. The van der Waals surface area contributed by atoms with Crippen LogP contribution in [0.2, 0.25) is 0 Å². The Labute approximate surface area is 216 Å². The van der Waals surface area contributed by atoms with Gasteiger partial charge in [-0.25, -0.2) is 8.78 Å². The molecule has 1 aliphatic rings. The number of hydrogen-bond donors (Lipinski definition) is 2. The highest BCUT2D eigenvalue weighted by atomic mass is 32.2. The van der Waals surface area contributed by atoms with Gasteiger partial charge in [0.05, 0.1) is 12.6 Å². The van der Waals surface area contributed by atoms with Crippen LogP contribution < -0.4 is 10.1 Å². The van der Waals surface area contributed by atoms with Crippen molar-refractivity contribution in [3.8, 4) is 5.75 Å². The molecule has 36 heavy (non-hydrogen) atoms. The molecule has 1 aliphatic heterocycles. The van der Waals surface area contributed by atoms with E-state index in [2.05, 4.69) is 21.3 Å². The monoisotopic (exact) mass is 515 g/mol. The summed E-state index contributed by atoms with van der Waals surface area (Å²) in [5.41, 5.74) is 2.17. The molecule has 0 saturated carbocycles. The molecule has 2 aromatic carbocycles. The number of halogens is 2. The zero-order valence-electron chi connectivity index (χ0n) is 20.9. The Hall–Kier alpha value is -2.26. The lowest BCUT2D eigenvalue weighted by molar-refractivity contribution is 0.0696. The lowest BCUT2D eigenvalue weighted by Gasteiger charge is -2.38. The summed E-state index contributed by atoms with van der Waals surface area (Å²) in [6, 6.07) is 11.9. The Bertz CT molecular complexity index is 1130. The second kappa shape index (κ2) is 12.8. The fourth-order valence-corrected chi connectivity index (χ4v) is 6.24. The maximum Gasteiger partial charge on any atom is 0.127 e. The number of methoxy groups -OCH3 is 1. The molecule has 0 radical (unpaired) electrons. The normalized spacial score (nSPS) is 19.5. The first kappa shape index (κ1) is 26.8. The first-order valence-electron chi connectivity index (χ1n) is 12.5. The van der Waals surface area contributed by atoms with Gasteiger partial charge in [0, 0.05) is 54.0 Å². The first-order valence-corrected chi connectivity index (χ1v) is 13.5. The molecule has 5 nitrogen and oxygen atoms in total. The minimum Gasteiger partial charge on any atom is -0.497 e. The Morgan fingerprint density at radius 3 is 2.69 bits per heavy atom. The fraction of sp³-hybridized carbons (Fsp3) is 0.464. The van der Waals surface area contributed by atoms with Gasteiger partial charge in [0.25, 0.3) is 0 Å². The van der Waals surface area contributed by atoms with Crippen LogP contribution in [0, 0.1) is 23.5 Å². The van der Waals surface area contributed by atoms with E-state index in [1.165, 1.54) is 29.5 Å². The molecule has 1 saturated heterocycles.